The van der Waals surface area contributed by atoms with Crippen molar-refractivity contribution in [3.63, 3.8) is 0 Å². The molecular weight excluding hydrogens is 348 g/mol. The van der Waals surface area contributed by atoms with Crippen molar-refractivity contribution in [2.24, 2.45) is 39.7 Å². The highest BCUT2D eigenvalue weighted by atomic mass is 16.6. The molecule has 1 N–H and O–H groups in total. The van der Waals surface area contributed by atoms with Crippen molar-refractivity contribution >= 4 is 5.71 Å². The Hall–Kier alpha value is -1.42. The van der Waals surface area contributed by atoms with E-state index in [0.717, 1.165) is 42.9 Å². The minimum Gasteiger partial charge on any atom is -0.393 e. The third-order valence-corrected chi connectivity index (χ3v) is 9.36. The molecule has 4 nitrogen and oxygen atoms in total. The molecule has 1 aromatic rings. The smallest absolute Gasteiger partial charge is 0.248 e. The number of pyridine rings is 1. The highest BCUT2D eigenvalue weighted by Gasteiger charge is 2.59. The van der Waals surface area contributed by atoms with Crippen LogP contribution in [0.25, 0.3) is 0 Å². The summed E-state index contributed by atoms with van der Waals surface area (Å²) in [6.07, 6.45) is 12.5. The molecule has 5 rings (SSSR count). The number of aromatic nitrogens is 1. The number of rotatable bonds is 2. The van der Waals surface area contributed by atoms with E-state index in [9.17, 15) is 5.11 Å². The molecule has 0 aromatic carbocycles. The maximum absolute atomic E-state index is 10.6. The van der Waals surface area contributed by atoms with Gasteiger partial charge in [0.05, 0.1) is 11.8 Å². The summed E-state index contributed by atoms with van der Waals surface area (Å²) in [5.74, 6) is 3.69. The number of oxime groups is 1. The van der Waals surface area contributed by atoms with E-state index >= 15 is 0 Å². The number of fused-ring (bicyclic) bond motifs is 5. The summed E-state index contributed by atoms with van der Waals surface area (Å²) in [5.41, 5.74) is 1.83. The molecule has 0 aliphatic heterocycles. The van der Waals surface area contributed by atoms with Gasteiger partial charge in [-0.2, -0.15) is 0 Å². The normalized spacial score (nSPS) is 46.5. The molecule has 1 aromatic heterocycles. The van der Waals surface area contributed by atoms with Gasteiger partial charge in [0, 0.05) is 12.3 Å². The van der Waals surface area contributed by atoms with E-state index < -0.39 is 0 Å². The van der Waals surface area contributed by atoms with Crippen LogP contribution in [0.2, 0.25) is 0 Å². The summed E-state index contributed by atoms with van der Waals surface area (Å²) in [6.45, 7) is 4.94. The van der Waals surface area contributed by atoms with Crippen LogP contribution < -0.4 is 4.84 Å². The lowest BCUT2D eigenvalue weighted by Gasteiger charge is -2.60. The molecule has 0 spiro atoms. The van der Waals surface area contributed by atoms with Gasteiger partial charge in [0.1, 0.15) is 0 Å². The molecule has 4 saturated carbocycles. The minimum absolute atomic E-state index is 0.0715. The lowest BCUT2D eigenvalue weighted by Crippen LogP contribution is -2.54. The number of hydrogen-bond donors (Lipinski definition) is 1. The van der Waals surface area contributed by atoms with E-state index in [1.54, 1.807) is 6.20 Å². The first-order valence-corrected chi connectivity index (χ1v) is 11.3. The van der Waals surface area contributed by atoms with Gasteiger partial charge >= 0.3 is 0 Å². The van der Waals surface area contributed by atoms with Gasteiger partial charge in [0.25, 0.3) is 0 Å². The summed E-state index contributed by atoms with van der Waals surface area (Å²) in [4.78, 5) is 9.80. The van der Waals surface area contributed by atoms with E-state index in [2.05, 4.69) is 24.0 Å². The molecular formula is C24H34N2O2. The average molecular weight is 383 g/mol. The highest BCUT2D eigenvalue weighted by molar-refractivity contribution is 5.85. The van der Waals surface area contributed by atoms with Gasteiger partial charge in [0.2, 0.25) is 5.88 Å². The van der Waals surface area contributed by atoms with Crippen LogP contribution in [0, 0.1) is 34.5 Å². The first-order chi connectivity index (χ1) is 13.5. The average Bonchev–Trinajstić information content (AvgIpc) is 3.02. The molecule has 152 valence electrons. The minimum atomic E-state index is -0.0715. The Labute approximate surface area is 168 Å². The van der Waals surface area contributed by atoms with Crippen LogP contribution in [-0.2, 0) is 0 Å². The Kier molecular flexibility index (Phi) is 4.53. The summed E-state index contributed by atoms with van der Waals surface area (Å²) < 4.78 is 0. The fraction of sp³-hybridized carbons (Fsp3) is 0.750. The topological polar surface area (TPSA) is 54.7 Å². The van der Waals surface area contributed by atoms with Gasteiger partial charge in [-0.15, -0.1) is 0 Å². The summed E-state index contributed by atoms with van der Waals surface area (Å²) in [6, 6.07) is 5.68. The highest BCUT2D eigenvalue weighted by Crippen LogP contribution is 2.65. The number of hydrogen-bond acceptors (Lipinski definition) is 4. The molecule has 0 bridgehead atoms. The van der Waals surface area contributed by atoms with Gasteiger partial charge in [-0.3, -0.25) is 0 Å². The van der Waals surface area contributed by atoms with Crippen LogP contribution in [0.15, 0.2) is 29.6 Å². The fourth-order valence-corrected chi connectivity index (χ4v) is 7.63. The first kappa shape index (κ1) is 18.6. The van der Waals surface area contributed by atoms with Crippen LogP contribution in [0.5, 0.6) is 5.88 Å². The van der Waals surface area contributed by atoms with Gasteiger partial charge in [-0.1, -0.05) is 25.1 Å². The van der Waals surface area contributed by atoms with Gasteiger partial charge in [-0.25, -0.2) is 4.98 Å². The lowest BCUT2D eigenvalue weighted by atomic mass is 9.45. The first-order valence-electron chi connectivity index (χ1n) is 11.3. The maximum Gasteiger partial charge on any atom is 0.248 e. The van der Waals surface area contributed by atoms with Crippen molar-refractivity contribution in [2.75, 3.05) is 0 Å². The predicted molar refractivity (Wildman–Crippen MR) is 110 cm³/mol. The second-order valence-corrected chi connectivity index (χ2v) is 10.4. The van der Waals surface area contributed by atoms with Crippen molar-refractivity contribution in [3.05, 3.63) is 24.4 Å². The van der Waals surface area contributed by atoms with Crippen molar-refractivity contribution in [3.8, 4) is 5.88 Å². The summed E-state index contributed by atoms with van der Waals surface area (Å²) >= 11 is 0. The van der Waals surface area contributed by atoms with Gasteiger partial charge in [-0.05, 0) is 98.4 Å². The molecule has 4 aliphatic rings. The zero-order chi connectivity index (χ0) is 19.4. The third-order valence-electron chi connectivity index (χ3n) is 9.36. The number of aliphatic hydroxyl groups excluding tert-OH is 1. The second-order valence-electron chi connectivity index (χ2n) is 10.4. The van der Waals surface area contributed by atoms with E-state index in [0.29, 0.717) is 11.3 Å². The Morgan fingerprint density at radius 3 is 2.71 bits per heavy atom. The SMILES string of the molecule is C[C@]12CC/C(=N\Oc3ccccn3)C[C@@H]1CC[C@@H]1[C@@H]2CC[C@]2(C)[C@@H](O)CC[C@@H]12. The van der Waals surface area contributed by atoms with E-state index in [1.165, 1.54) is 44.2 Å². The van der Waals surface area contributed by atoms with E-state index in [-0.39, 0.29) is 11.5 Å². The van der Waals surface area contributed by atoms with Crippen LogP contribution in [0.4, 0.5) is 0 Å². The van der Waals surface area contributed by atoms with Crippen molar-refractivity contribution < 1.29 is 9.94 Å². The zero-order valence-electron chi connectivity index (χ0n) is 17.3. The van der Waals surface area contributed by atoms with Crippen molar-refractivity contribution in [1.29, 1.82) is 0 Å². The van der Waals surface area contributed by atoms with E-state index in [4.69, 9.17) is 4.84 Å². The fourth-order valence-electron chi connectivity index (χ4n) is 7.63. The third kappa shape index (κ3) is 2.82. The monoisotopic (exact) mass is 382 g/mol. The molecule has 7 atom stereocenters. The molecule has 0 saturated heterocycles. The molecule has 0 unspecified atom stereocenters. The quantitative estimate of drug-likeness (QED) is 0.714. The standard InChI is InChI=1S/C24H34N2O2/c1-23-12-10-17(26-28-22-5-3-4-14-25-22)15-16(23)6-7-18-19-8-9-21(27)24(19,2)13-11-20(18)23/h3-5,14,16,18-21,27H,6-13,15H2,1-2H3/b26-17+/t16-,18-,19-,20-,21-,23-,24-/m0/s1. The molecule has 0 amide bonds. The Bertz CT molecular complexity index is 750. The number of aliphatic hydroxyl groups is 1. The molecule has 0 radical (unpaired) electrons. The molecule has 4 aliphatic carbocycles. The lowest BCUT2D eigenvalue weighted by molar-refractivity contribution is -0.112. The van der Waals surface area contributed by atoms with E-state index in [1.807, 2.05) is 18.2 Å². The Morgan fingerprint density at radius 2 is 1.89 bits per heavy atom. The zero-order valence-corrected chi connectivity index (χ0v) is 17.3. The van der Waals surface area contributed by atoms with Crippen LogP contribution in [-0.4, -0.2) is 21.9 Å². The van der Waals surface area contributed by atoms with Crippen molar-refractivity contribution in [2.45, 2.75) is 77.7 Å². The maximum atomic E-state index is 10.6. The Balaban J connectivity index is 1.31. The number of nitrogens with zero attached hydrogens (tertiary/aromatic N) is 2. The van der Waals surface area contributed by atoms with Crippen molar-refractivity contribution in [1.82, 2.24) is 4.98 Å². The second kappa shape index (κ2) is 6.83. The largest absolute Gasteiger partial charge is 0.393 e. The van der Waals surface area contributed by atoms with Crippen LogP contribution >= 0.6 is 0 Å². The summed E-state index contributed by atoms with van der Waals surface area (Å²) in [7, 11) is 0. The Morgan fingerprint density at radius 1 is 1.04 bits per heavy atom. The van der Waals surface area contributed by atoms with Crippen LogP contribution in [0.3, 0.4) is 0 Å². The molecule has 4 fully saturated rings. The van der Waals surface area contributed by atoms with Gasteiger partial charge in [0.15, 0.2) is 0 Å². The van der Waals surface area contributed by atoms with Gasteiger partial charge < -0.3 is 9.94 Å². The molecule has 28 heavy (non-hydrogen) atoms. The predicted octanol–water partition coefficient (Wildman–Crippen LogP) is 5.22. The summed E-state index contributed by atoms with van der Waals surface area (Å²) in [5, 5.41) is 15.1. The molecule has 4 heteroatoms. The van der Waals surface area contributed by atoms with Crippen LogP contribution in [0.1, 0.15) is 71.6 Å². The molecule has 1 heterocycles.